The number of carbonyl (C=O) groups excluding carboxylic acids is 1. The van der Waals surface area contributed by atoms with Crippen LogP contribution in [0.1, 0.15) is 48.7 Å². The number of aliphatic hydroxyl groups excluding tert-OH is 1. The number of aliphatic hydroxyl groups is 1. The van der Waals surface area contributed by atoms with Crippen LogP contribution in [-0.4, -0.2) is 47.1 Å². The molecule has 0 aromatic carbocycles. The lowest BCUT2D eigenvalue weighted by Gasteiger charge is -2.22. The molecule has 0 spiro atoms. The smallest absolute Gasteiger partial charge is 0.254 e. The van der Waals surface area contributed by atoms with Crippen LogP contribution in [0.2, 0.25) is 0 Å². The van der Waals surface area contributed by atoms with Crippen LogP contribution in [0, 0.1) is 0 Å². The molecule has 110 valence electrons. The van der Waals surface area contributed by atoms with Gasteiger partial charge in [-0.3, -0.25) is 4.79 Å². The van der Waals surface area contributed by atoms with Crippen molar-refractivity contribution in [3.63, 3.8) is 0 Å². The van der Waals surface area contributed by atoms with Crippen LogP contribution >= 0.6 is 0 Å². The summed E-state index contributed by atoms with van der Waals surface area (Å²) in [5, 5.41) is 12.1. The molecule has 2 rings (SSSR count). The van der Waals surface area contributed by atoms with Crippen molar-refractivity contribution in [2.24, 2.45) is 0 Å². The third-order valence-corrected chi connectivity index (χ3v) is 3.53. The minimum absolute atomic E-state index is 0.00322. The van der Waals surface area contributed by atoms with E-state index in [2.05, 4.69) is 24.1 Å². The van der Waals surface area contributed by atoms with Crippen LogP contribution in [-0.2, 0) is 0 Å². The maximum atomic E-state index is 12.6. The third-order valence-electron chi connectivity index (χ3n) is 3.53. The Morgan fingerprint density at radius 1 is 1.50 bits per heavy atom. The first-order valence-electron chi connectivity index (χ1n) is 7.18. The molecule has 2 N–H and O–H groups in total. The number of nitrogens with zero attached hydrogens (tertiary/aromatic N) is 2. The Morgan fingerprint density at radius 3 is 2.70 bits per heavy atom. The summed E-state index contributed by atoms with van der Waals surface area (Å²) in [5.74, 6) is 0.962. The number of nitrogens with one attached hydrogen (secondary N) is 1. The summed E-state index contributed by atoms with van der Waals surface area (Å²) in [6, 6.07) is 3.94. The van der Waals surface area contributed by atoms with E-state index in [0.29, 0.717) is 24.0 Å². The predicted molar refractivity (Wildman–Crippen MR) is 79.0 cm³/mol. The number of aromatic nitrogens is 1. The molecule has 1 fully saturated rings. The molecule has 0 bridgehead atoms. The van der Waals surface area contributed by atoms with E-state index >= 15 is 0 Å². The molecule has 0 unspecified atom stereocenters. The fraction of sp³-hybridized carbons (Fsp3) is 0.600. The van der Waals surface area contributed by atoms with Gasteiger partial charge < -0.3 is 15.3 Å². The number of carbonyl (C=O) groups is 1. The molecule has 0 radical (unpaired) electrons. The van der Waals surface area contributed by atoms with Gasteiger partial charge in [0.2, 0.25) is 0 Å². The lowest BCUT2D eigenvalue weighted by atomic mass is 10.1. The molecule has 1 heterocycles. The van der Waals surface area contributed by atoms with Crippen LogP contribution < -0.4 is 5.32 Å². The Kier molecular flexibility index (Phi) is 4.60. The second-order valence-electron chi connectivity index (χ2n) is 5.52. The molecule has 5 nitrogen and oxygen atoms in total. The second kappa shape index (κ2) is 6.22. The Labute approximate surface area is 120 Å². The molecule has 20 heavy (non-hydrogen) atoms. The van der Waals surface area contributed by atoms with E-state index in [1.54, 1.807) is 18.0 Å². The van der Waals surface area contributed by atoms with E-state index in [1.807, 2.05) is 6.07 Å². The lowest BCUT2D eigenvalue weighted by Crippen LogP contribution is -2.35. The number of rotatable bonds is 6. The van der Waals surface area contributed by atoms with Gasteiger partial charge in [-0.1, -0.05) is 13.8 Å². The topological polar surface area (TPSA) is 65.5 Å². The van der Waals surface area contributed by atoms with Crippen molar-refractivity contribution >= 4 is 11.7 Å². The van der Waals surface area contributed by atoms with Crippen LogP contribution in [0.4, 0.5) is 5.82 Å². The number of amides is 1. The van der Waals surface area contributed by atoms with Gasteiger partial charge in [0.1, 0.15) is 5.82 Å². The van der Waals surface area contributed by atoms with Crippen molar-refractivity contribution < 1.29 is 9.90 Å². The number of hydrogen-bond donors (Lipinski definition) is 2. The van der Waals surface area contributed by atoms with E-state index in [0.717, 1.165) is 18.5 Å². The number of pyridine rings is 1. The number of hydrogen-bond acceptors (Lipinski definition) is 4. The zero-order valence-electron chi connectivity index (χ0n) is 12.4. The van der Waals surface area contributed by atoms with Crippen molar-refractivity contribution in [3.8, 4) is 0 Å². The van der Waals surface area contributed by atoms with Crippen LogP contribution in [0.15, 0.2) is 12.1 Å². The Balaban J connectivity index is 2.29. The van der Waals surface area contributed by atoms with Crippen LogP contribution in [0.5, 0.6) is 0 Å². The molecule has 0 aliphatic heterocycles. The third kappa shape index (κ3) is 3.28. The van der Waals surface area contributed by atoms with Gasteiger partial charge in [-0.2, -0.15) is 0 Å². The monoisotopic (exact) mass is 277 g/mol. The summed E-state index contributed by atoms with van der Waals surface area (Å²) in [7, 11) is 1.80. The minimum Gasteiger partial charge on any atom is -0.395 e. The van der Waals surface area contributed by atoms with E-state index in [1.165, 1.54) is 0 Å². The summed E-state index contributed by atoms with van der Waals surface area (Å²) in [6.07, 6.45) is 2.07. The quantitative estimate of drug-likeness (QED) is 0.833. The zero-order chi connectivity index (χ0) is 14.7. The minimum atomic E-state index is -0.0117. The maximum absolute atomic E-state index is 12.6. The molecule has 1 aliphatic carbocycles. The summed E-state index contributed by atoms with van der Waals surface area (Å²) in [4.78, 5) is 18.9. The largest absolute Gasteiger partial charge is 0.395 e. The first kappa shape index (κ1) is 14.8. The standard InChI is InChI=1S/C15H23N3O2/c1-10(2)13-8-11(9-14(16-3)17-13)15(20)18(6-7-19)12-4-5-12/h8-10,12,19H,4-7H2,1-3H3,(H,16,17). The molecule has 1 aliphatic rings. The first-order valence-corrected chi connectivity index (χ1v) is 7.18. The Morgan fingerprint density at radius 2 is 2.20 bits per heavy atom. The SMILES string of the molecule is CNc1cc(C(=O)N(CCO)C2CC2)cc(C(C)C)n1. The molecule has 1 amide bonds. The predicted octanol–water partition coefficient (Wildman–Crippen LogP) is 1.84. The van der Waals surface area contributed by atoms with E-state index < -0.39 is 0 Å². The van der Waals surface area contributed by atoms with Gasteiger partial charge in [0, 0.05) is 30.9 Å². The van der Waals surface area contributed by atoms with Crippen molar-refractivity contribution in [3.05, 3.63) is 23.4 Å². The van der Waals surface area contributed by atoms with Gasteiger partial charge in [0.15, 0.2) is 0 Å². The molecule has 1 saturated carbocycles. The lowest BCUT2D eigenvalue weighted by molar-refractivity contribution is 0.0707. The summed E-state index contributed by atoms with van der Waals surface area (Å²) >= 11 is 0. The van der Waals surface area contributed by atoms with Crippen molar-refractivity contribution in [2.75, 3.05) is 25.5 Å². The summed E-state index contributed by atoms with van der Waals surface area (Å²) < 4.78 is 0. The van der Waals surface area contributed by atoms with Gasteiger partial charge in [-0.15, -0.1) is 0 Å². The Hall–Kier alpha value is -1.62. The molecular weight excluding hydrogens is 254 g/mol. The van der Waals surface area contributed by atoms with Crippen molar-refractivity contribution in [1.29, 1.82) is 0 Å². The van der Waals surface area contributed by atoms with Gasteiger partial charge in [0.05, 0.1) is 6.61 Å². The fourth-order valence-corrected chi connectivity index (χ4v) is 2.21. The number of anilines is 1. The molecule has 1 aromatic rings. The average Bonchev–Trinajstić information content (AvgIpc) is 3.27. The van der Waals surface area contributed by atoms with Gasteiger partial charge in [-0.25, -0.2) is 4.98 Å². The van der Waals surface area contributed by atoms with Crippen molar-refractivity contribution in [1.82, 2.24) is 9.88 Å². The van der Waals surface area contributed by atoms with Gasteiger partial charge in [-0.05, 0) is 30.9 Å². The highest BCUT2D eigenvalue weighted by Crippen LogP contribution is 2.28. The highest BCUT2D eigenvalue weighted by atomic mass is 16.3. The van der Waals surface area contributed by atoms with Crippen LogP contribution in [0.3, 0.4) is 0 Å². The molecule has 0 saturated heterocycles. The van der Waals surface area contributed by atoms with Crippen molar-refractivity contribution in [2.45, 2.75) is 38.6 Å². The summed E-state index contributed by atoms with van der Waals surface area (Å²) in [6.45, 7) is 4.52. The molecule has 1 aromatic heterocycles. The molecule has 0 atom stereocenters. The van der Waals surface area contributed by atoms with E-state index in [-0.39, 0.29) is 18.4 Å². The van der Waals surface area contributed by atoms with Crippen LogP contribution in [0.25, 0.3) is 0 Å². The highest BCUT2D eigenvalue weighted by Gasteiger charge is 2.32. The Bertz CT molecular complexity index is 484. The first-order chi connectivity index (χ1) is 9.56. The summed E-state index contributed by atoms with van der Waals surface area (Å²) in [5.41, 5.74) is 1.55. The zero-order valence-corrected chi connectivity index (χ0v) is 12.4. The van der Waals surface area contributed by atoms with Gasteiger partial charge >= 0.3 is 0 Å². The normalized spacial score (nSPS) is 14.4. The average molecular weight is 277 g/mol. The van der Waals surface area contributed by atoms with E-state index in [9.17, 15) is 4.79 Å². The second-order valence-corrected chi connectivity index (χ2v) is 5.52. The van der Waals surface area contributed by atoms with E-state index in [4.69, 9.17) is 5.11 Å². The molecular formula is C15H23N3O2. The maximum Gasteiger partial charge on any atom is 0.254 e. The highest BCUT2D eigenvalue weighted by molar-refractivity contribution is 5.95. The fourth-order valence-electron chi connectivity index (χ4n) is 2.21. The molecule has 5 heteroatoms. The van der Waals surface area contributed by atoms with Gasteiger partial charge in [0.25, 0.3) is 5.91 Å².